The molecule has 0 unspecified atom stereocenters. The fraction of sp³-hybridized carbons (Fsp3) is 0.294. The average molecular weight is 340 g/mol. The van der Waals surface area contributed by atoms with Crippen molar-refractivity contribution in [2.75, 3.05) is 17.7 Å². The van der Waals surface area contributed by atoms with Gasteiger partial charge in [0.1, 0.15) is 0 Å². The number of rotatable bonds is 4. The summed E-state index contributed by atoms with van der Waals surface area (Å²) in [5, 5.41) is 11.8. The number of nitriles is 1. The second-order valence-corrected chi connectivity index (χ2v) is 5.86. The van der Waals surface area contributed by atoms with Gasteiger partial charge in [0.2, 0.25) is 5.95 Å². The number of benzene rings is 1. The molecule has 24 heavy (non-hydrogen) atoms. The average Bonchev–Trinajstić information content (AvgIpc) is 2.55. The van der Waals surface area contributed by atoms with Gasteiger partial charge in [-0.25, -0.2) is 15.0 Å². The molecule has 124 valence electrons. The van der Waals surface area contributed by atoms with E-state index >= 15 is 0 Å². The van der Waals surface area contributed by atoms with Gasteiger partial charge >= 0.3 is 0 Å². The van der Waals surface area contributed by atoms with E-state index in [1.165, 1.54) is 11.8 Å². The van der Waals surface area contributed by atoms with Crippen LogP contribution in [-0.2, 0) is 0 Å². The van der Waals surface area contributed by atoms with E-state index in [-0.39, 0.29) is 0 Å². The van der Waals surface area contributed by atoms with Gasteiger partial charge in [-0.1, -0.05) is 11.8 Å². The monoisotopic (exact) mass is 340 g/mol. The van der Waals surface area contributed by atoms with Crippen LogP contribution in [-0.4, -0.2) is 27.9 Å². The summed E-state index contributed by atoms with van der Waals surface area (Å²) in [6.07, 6.45) is 3.75. The van der Waals surface area contributed by atoms with Crippen LogP contribution < -0.4 is 10.2 Å². The van der Waals surface area contributed by atoms with Gasteiger partial charge in [0.05, 0.1) is 5.69 Å². The van der Waals surface area contributed by atoms with Crippen molar-refractivity contribution in [3.05, 3.63) is 41.7 Å². The first-order valence-corrected chi connectivity index (χ1v) is 8.77. The van der Waals surface area contributed by atoms with E-state index in [4.69, 9.17) is 5.26 Å². The molecule has 0 fully saturated rings. The quantitative estimate of drug-likeness (QED) is 0.396. The maximum atomic E-state index is 8.69. The predicted molar refractivity (Wildman–Crippen MR) is 100.0 cm³/mol. The Morgan fingerprint density at radius 3 is 2.38 bits per heavy atom. The fourth-order valence-electron chi connectivity index (χ4n) is 2.26. The van der Waals surface area contributed by atoms with Gasteiger partial charge in [0.15, 0.2) is 11.4 Å². The summed E-state index contributed by atoms with van der Waals surface area (Å²) in [6.45, 7) is 6.76. The summed E-state index contributed by atoms with van der Waals surface area (Å²) in [5.41, 5.74) is 3.68. The van der Waals surface area contributed by atoms with E-state index in [9.17, 15) is 0 Å². The third-order valence-electron chi connectivity index (χ3n) is 3.28. The number of amidine groups is 1. The largest absolute Gasteiger partial charge is 0.311 e. The minimum atomic E-state index is 0.565. The molecule has 0 spiro atoms. The lowest BCUT2D eigenvalue weighted by Gasteiger charge is -2.21. The number of nitrogens with zero attached hydrogens (tertiary/aromatic N) is 5. The highest BCUT2D eigenvalue weighted by Crippen LogP contribution is 2.25. The number of thioether (sulfide) groups is 1. The van der Waals surface area contributed by atoms with Gasteiger partial charge in [-0.05, 0) is 57.4 Å². The smallest absolute Gasteiger partial charge is 0.230 e. The number of anilines is 2. The summed E-state index contributed by atoms with van der Waals surface area (Å²) in [5.74, 6) is 0.696. The van der Waals surface area contributed by atoms with Crippen molar-refractivity contribution < 1.29 is 0 Å². The Bertz CT molecular complexity index is 743. The SMILES string of the molecule is CCN(c1ccc(N=C(NC#N)SC)cc1)c1nc(C)cc(C)n1. The summed E-state index contributed by atoms with van der Waals surface area (Å²) in [7, 11) is 0. The van der Waals surface area contributed by atoms with E-state index in [0.717, 1.165) is 29.3 Å². The molecule has 0 amide bonds. The highest BCUT2D eigenvalue weighted by atomic mass is 32.2. The highest BCUT2D eigenvalue weighted by molar-refractivity contribution is 8.13. The molecule has 0 atom stereocenters. The Morgan fingerprint density at radius 2 is 1.88 bits per heavy atom. The van der Waals surface area contributed by atoms with Crippen LogP contribution in [0.4, 0.5) is 17.3 Å². The van der Waals surface area contributed by atoms with Crippen molar-refractivity contribution >= 4 is 34.3 Å². The van der Waals surface area contributed by atoms with Gasteiger partial charge in [-0.3, -0.25) is 5.32 Å². The van der Waals surface area contributed by atoms with Crippen LogP contribution in [0.15, 0.2) is 35.3 Å². The zero-order valence-corrected chi connectivity index (χ0v) is 15.1. The topological polar surface area (TPSA) is 77.2 Å². The van der Waals surface area contributed by atoms with E-state index in [1.807, 2.05) is 56.6 Å². The molecule has 2 aromatic rings. The lowest BCUT2D eigenvalue weighted by Crippen LogP contribution is -2.19. The van der Waals surface area contributed by atoms with Crippen LogP contribution in [0.25, 0.3) is 0 Å². The Kier molecular flexibility index (Phi) is 6.15. The van der Waals surface area contributed by atoms with Gasteiger partial charge in [-0.15, -0.1) is 0 Å². The zero-order chi connectivity index (χ0) is 17.5. The number of aliphatic imine (C=N–C) groups is 1. The van der Waals surface area contributed by atoms with Crippen molar-refractivity contribution in [2.24, 2.45) is 4.99 Å². The fourth-order valence-corrected chi connectivity index (χ4v) is 2.61. The van der Waals surface area contributed by atoms with Gasteiger partial charge < -0.3 is 4.90 Å². The molecule has 0 saturated heterocycles. The molecule has 0 radical (unpaired) electrons. The Labute approximate surface area is 146 Å². The normalized spacial score (nSPS) is 11.0. The molecule has 0 aliphatic heterocycles. The minimum Gasteiger partial charge on any atom is -0.311 e. The van der Waals surface area contributed by atoms with Crippen LogP contribution in [0.5, 0.6) is 0 Å². The van der Waals surface area contributed by atoms with Crippen molar-refractivity contribution in [3.8, 4) is 6.19 Å². The number of aryl methyl sites for hydroxylation is 2. The van der Waals surface area contributed by atoms with Crippen molar-refractivity contribution in [3.63, 3.8) is 0 Å². The Morgan fingerprint density at radius 1 is 1.25 bits per heavy atom. The van der Waals surface area contributed by atoms with Crippen molar-refractivity contribution in [1.82, 2.24) is 15.3 Å². The number of hydrogen-bond donors (Lipinski definition) is 1. The summed E-state index contributed by atoms with van der Waals surface area (Å²) in [6, 6.07) is 9.74. The molecule has 1 heterocycles. The first-order chi connectivity index (χ1) is 11.6. The molecule has 1 N–H and O–H groups in total. The Balaban J connectivity index is 2.29. The molecular weight excluding hydrogens is 320 g/mol. The minimum absolute atomic E-state index is 0.565. The third-order valence-corrected chi connectivity index (χ3v) is 3.86. The van der Waals surface area contributed by atoms with Gasteiger partial charge in [0.25, 0.3) is 0 Å². The van der Waals surface area contributed by atoms with Crippen molar-refractivity contribution in [2.45, 2.75) is 20.8 Å². The van der Waals surface area contributed by atoms with Crippen LogP contribution in [0.1, 0.15) is 18.3 Å². The molecule has 0 saturated carbocycles. The molecule has 0 aliphatic carbocycles. The van der Waals surface area contributed by atoms with Crippen LogP contribution in [0, 0.1) is 25.3 Å². The number of nitrogens with one attached hydrogen (secondary N) is 1. The van der Waals surface area contributed by atoms with E-state index in [1.54, 1.807) is 0 Å². The van der Waals surface area contributed by atoms with Crippen LogP contribution in [0.3, 0.4) is 0 Å². The molecule has 0 bridgehead atoms. The van der Waals surface area contributed by atoms with Crippen LogP contribution in [0.2, 0.25) is 0 Å². The predicted octanol–water partition coefficient (Wildman–Crippen LogP) is 3.67. The molecule has 2 rings (SSSR count). The highest BCUT2D eigenvalue weighted by Gasteiger charge is 2.11. The Hall–Kier alpha value is -2.59. The first kappa shape index (κ1) is 17.8. The molecule has 7 heteroatoms. The lowest BCUT2D eigenvalue weighted by atomic mass is 10.2. The van der Waals surface area contributed by atoms with E-state index < -0.39 is 0 Å². The second-order valence-electron chi connectivity index (χ2n) is 5.07. The lowest BCUT2D eigenvalue weighted by molar-refractivity contribution is 0.920. The summed E-state index contributed by atoms with van der Waals surface area (Å²) in [4.78, 5) is 15.5. The zero-order valence-electron chi connectivity index (χ0n) is 14.2. The number of aromatic nitrogens is 2. The maximum Gasteiger partial charge on any atom is 0.230 e. The third kappa shape index (κ3) is 4.46. The second kappa shape index (κ2) is 8.31. The standard InChI is InChI=1S/C17H20N6S/c1-5-23(16-20-12(2)10-13(3)21-16)15-8-6-14(7-9-15)22-17(24-4)19-11-18/h6-10H,5H2,1-4H3,(H,19,22). The molecule has 6 nitrogen and oxygen atoms in total. The van der Waals surface area contributed by atoms with Gasteiger partial charge in [-0.2, -0.15) is 5.26 Å². The van der Waals surface area contributed by atoms with E-state index in [0.29, 0.717) is 11.1 Å². The van der Waals surface area contributed by atoms with Crippen LogP contribution >= 0.6 is 11.8 Å². The molecule has 0 aliphatic rings. The summed E-state index contributed by atoms with van der Waals surface area (Å²) < 4.78 is 0. The van der Waals surface area contributed by atoms with Crippen molar-refractivity contribution in [1.29, 1.82) is 5.26 Å². The maximum absolute atomic E-state index is 8.69. The first-order valence-electron chi connectivity index (χ1n) is 7.55. The summed E-state index contributed by atoms with van der Waals surface area (Å²) >= 11 is 1.39. The molecule has 1 aromatic carbocycles. The van der Waals surface area contributed by atoms with E-state index in [2.05, 4.69) is 32.1 Å². The van der Waals surface area contributed by atoms with Gasteiger partial charge in [0, 0.05) is 23.6 Å². The molecule has 1 aromatic heterocycles. The number of hydrogen-bond acceptors (Lipinski definition) is 6. The molecular formula is C17H20N6S.